The molecule has 0 bridgehead atoms. The number of anilines is 2. The monoisotopic (exact) mass is 564 g/mol. The first-order valence-electron chi connectivity index (χ1n) is 13.3. The van der Waals surface area contributed by atoms with Crippen LogP contribution < -0.4 is 14.5 Å². The largest absolute Gasteiger partial charge is 0.481 e. The zero-order valence-corrected chi connectivity index (χ0v) is 24.0. The average molecular weight is 565 g/mol. The van der Waals surface area contributed by atoms with E-state index in [9.17, 15) is 10.5 Å². The molecule has 10 heteroatoms. The number of methoxy groups -OCH3 is 1. The molecule has 0 saturated heterocycles. The maximum atomic E-state index is 9.34. The van der Waals surface area contributed by atoms with E-state index < -0.39 is 0 Å². The van der Waals surface area contributed by atoms with Crippen molar-refractivity contribution < 1.29 is 4.74 Å². The third kappa shape index (κ3) is 5.91. The molecule has 41 heavy (non-hydrogen) atoms. The van der Waals surface area contributed by atoms with Gasteiger partial charge in [-0.25, -0.2) is 19.9 Å². The summed E-state index contributed by atoms with van der Waals surface area (Å²) in [4.78, 5) is 21.2. The van der Waals surface area contributed by atoms with E-state index in [0.29, 0.717) is 35.2 Å². The van der Waals surface area contributed by atoms with E-state index >= 15 is 0 Å². The molecule has 9 nitrogen and oxygen atoms in total. The Labute approximate surface area is 244 Å². The lowest BCUT2D eigenvalue weighted by atomic mass is 10.0. The van der Waals surface area contributed by atoms with Gasteiger partial charge in [-0.2, -0.15) is 10.5 Å². The highest BCUT2D eigenvalue weighted by molar-refractivity contribution is 6.30. The number of hydrogen-bond acceptors (Lipinski definition) is 9. The Balaban J connectivity index is 0.000000165. The lowest BCUT2D eigenvalue weighted by Gasteiger charge is -2.31. The number of aryl methyl sites for hydroxylation is 2. The number of rotatable bonds is 3. The molecule has 0 saturated carbocycles. The quantitative estimate of drug-likeness (QED) is 0.313. The van der Waals surface area contributed by atoms with Crippen LogP contribution in [-0.4, -0.2) is 40.1 Å². The maximum absolute atomic E-state index is 9.34. The zero-order valence-electron chi connectivity index (χ0n) is 23.2. The molecule has 2 aliphatic heterocycles. The molecule has 0 N–H and O–H groups in total. The van der Waals surface area contributed by atoms with Crippen molar-refractivity contribution in [3.63, 3.8) is 0 Å². The Morgan fingerprint density at radius 1 is 0.756 bits per heavy atom. The predicted octanol–water partition coefficient (Wildman–Crippen LogP) is 5.10. The fraction of sp³-hybridized carbons (Fsp3) is 0.290. The van der Waals surface area contributed by atoms with Crippen LogP contribution in [-0.2, 0) is 25.9 Å². The Morgan fingerprint density at radius 3 is 1.80 bits per heavy atom. The number of halogens is 1. The Bertz CT molecular complexity index is 1660. The summed E-state index contributed by atoms with van der Waals surface area (Å²) in [6, 6.07) is 16.4. The summed E-state index contributed by atoms with van der Waals surface area (Å²) < 4.78 is 5.33. The van der Waals surface area contributed by atoms with E-state index in [2.05, 4.69) is 41.9 Å². The standard InChI is InChI=1S/C16H16N4O.C15H13ClN4/c1-11-3-4-15(12(7-11)8-17)20-6-5-14-13(9-20)16(21-2)19-10-18-14;1-10-2-3-14(11(6-10)7-17)20-5-4-13-12(8-20)15(16)19-9-18-13/h3-4,7,10H,5-6,9H2,1-2H3;2-3,6,9H,4-5,8H2,1H3. The molecule has 0 radical (unpaired) electrons. The second kappa shape index (κ2) is 12.2. The van der Waals surface area contributed by atoms with Crippen LogP contribution in [0.2, 0.25) is 5.15 Å². The molecule has 2 aliphatic rings. The smallest absolute Gasteiger partial charge is 0.221 e. The summed E-state index contributed by atoms with van der Waals surface area (Å²) >= 11 is 6.15. The molecule has 0 atom stereocenters. The SMILES string of the molecule is COc1ncnc2c1CN(c1ccc(C)cc1C#N)CC2.Cc1ccc(N2CCc3ncnc(Cl)c3C2)c(C#N)c1. The topological polar surface area (TPSA) is 115 Å². The second-order valence-electron chi connectivity index (χ2n) is 10.0. The van der Waals surface area contributed by atoms with Gasteiger partial charge in [-0.1, -0.05) is 23.7 Å². The molecule has 4 aromatic rings. The zero-order chi connectivity index (χ0) is 28.9. The second-order valence-corrected chi connectivity index (χ2v) is 10.4. The van der Waals surface area contributed by atoms with Crippen molar-refractivity contribution in [3.05, 3.63) is 99.0 Å². The van der Waals surface area contributed by atoms with Gasteiger partial charge in [0, 0.05) is 38.0 Å². The van der Waals surface area contributed by atoms with E-state index in [4.69, 9.17) is 16.3 Å². The predicted molar refractivity (Wildman–Crippen MR) is 157 cm³/mol. The number of ether oxygens (including phenoxy) is 1. The van der Waals surface area contributed by atoms with Crippen molar-refractivity contribution in [2.24, 2.45) is 0 Å². The molecule has 0 unspecified atom stereocenters. The van der Waals surface area contributed by atoms with Gasteiger partial charge in [-0.3, -0.25) is 0 Å². The first-order valence-corrected chi connectivity index (χ1v) is 13.7. The molecule has 2 aromatic heterocycles. The number of aromatic nitrogens is 4. The molecule has 0 amide bonds. The van der Waals surface area contributed by atoms with Crippen LogP contribution in [0.25, 0.3) is 0 Å². The van der Waals surface area contributed by atoms with Crippen LogP contribution in [0.15, 0.2) is 49.1 Å². The summed E-state index contributed by atoms with van der Waals surface area (Å²) in [5, 5.41) is 19.1. The van der Waals surface area contributed by atoms with E-state index in [1.54, 1.807) is 13.4 Å². The van der Waals surface area contributed by atoms with Gasteiger partial charge in [0.1, 0.15) is 29.9 Å². The molecule has 2 aromatic carbocycles. The minimum absolute atomic E-state index is 0.505. The summed E-state index contributed by atoms with van der Waals surface area (Å²) in [6.07, 6.45) is 4.69. The molecule has 206 valence electrons. The van der Waals surface area contributed by atoms with E-state index in [1.807, 2.05) is 50.2 Å². The maximum Gasteiger partial charge on any atom is 0.221 e. The van der Waals surface area contributed by atoms with Crippen molar-refractivity contribution in [1.82, 2.24) is 19.9 Å². The molecular formula is C31H29ClN8O. The van der Waals surface area contributed by atoms with Crippen LogP contribution in [0.1, 0.15) is 44.8 Å². The number of nitrogens with zero attached hydrogens (tertiary/aromatic N) is 8. The van der Waals surface area contributed by atoms with E-state index in [0.717, 1.165) is 70.9 Å². The van der Waals surface area contributed by atoms with Gasteiger partial charge in [0.2, 0.25) is 5.88 Å². The van der Waals surface area contributed by atoms with Crippen molar-refractivity contribution in [2.75, 3.05) is 30.0 Å². The normalized spacial score (nSPS) is 13.6. The molecule has 0 spiro atoms. The summed E-state index contributed by atoms with van der Waals surface area (Å²) in [5.41, 5.74) is 9.49. The van der Waals surface area contributed by atoms with Gasteiger partial charge < -0.3 is 14.5 Å². The highest BCUT2D eigenvalue weighted by Gasteiger charge is 2.24. The van der Waals surface area contributed by atoms with Crippen LogP contribution in [0.5, 0.6) is 5.88 Å². The minimum Gasteiger partial charge on any atom is -0.481 e. The van der Waals surface area contributed by atoms with Gasteiger partial charge in [0.15, 0.2) is 0 Å². The van der Waals surface area contributed by atoms with Gasteiger partial charge in [0.05, 0.1) is 53.1 Å². The Hall–Kier alpha value is -4.73. The summed E-state index contributed by atoms with van der Waals surface area (Å²) in [5.74, 6) is 0.621. The van der Waals surface area contributed by atoms with Gasteiger partial charge in [0.25, 0.3) is 0 Å². The fourth-order valence-corrected chi connectivity index (χ4v) is 5.45. The molecule has 0 fully saturated rings. The highest BCUT2D eigenvalue weighted by Crippen LogP contribution is 2.31. The molecule has 6 rings (SSSR count). The van der Waals surface area contributed by atoms with E-state index in [-0.39, 0.29) is 0 Å². The Kier molecular flexibility index (Phi) is 8.28. The van der Waals surface area contributed by atoms with Crippen molar-refractivity contribution in [1.29, 1.82) is 10.5 Å². The van der Waals surface area contributed by atoms with E-state index in [1.165, 1.54) is 6.33 Å². The molecule has 4 heterocycles. The third-order valence-corrected chi connectivity index (χ3v) is 7.66. The summed E-state index contributed by atoms with van der Waals surface area (Å²) in [7, 11) is 1.62. The highest BCUT2D eigenvalue weighted by atomic mass is 35.5. The first-order chi connectivity index (χ1) is 19.9. The van der Waals surface area contributed by atoms with Crippen LogP contribution in [0.3, 0.4) is 0 Å². The number of nitriles is 2. The molecular weight excluding hydrogens is 536 g/mol. The number of benzene rings is 2. The third-order valence-electron chi connectivity index (χ3n) is 7.33. The average Bonchev–Trinajstić information content (AvgIpc) is 3.00. The van der Waals surface area contributed by atoms with Crippen molar-refractivity contribution in [3.8, 4) is 18.0 Å². The minimum atomic E-state index is 0.505. The van der Waals surface area contributed by atoms with Gasteiger partial charge in [-0.05, 0) is 49.2 Å². The lowest BCUT2D eigenvalue weighted by Crippen LogP contribution is -2.32. The van der Waals surface area contributed by atoms with Crippen LogP contribution in [0, 0.1) is 36.5 Å². The number of hydrogen-bond donors (Lipinski definition) is 0. The van der Waals surface area contributed by atoms with Crippen LogP contribution in [0.4, 0.5) is 11.4 Å². The Morgan fingerprint density at radius 2 is 1.27 bits per heavy atom. The lowest BCUT2D eigenvalue weighted by molar-refractivity contribution is 0.387. The van der Waals surface area contributed by atoms with Gasteiger partial charge in [-0.15, -0.1) is 0 Å². The fourth-order valence-electron chi connectivity index (χ4n) is 5.24. The number of fused-ring (bicyclic) bond motifs is 2. The summed E-state index contributed by atoms with van der Waals surface area (Å²) in [6.45, 7) is 6.96. The first kappa shape index (κ1) is 27.8. The van der Waals surface area contributed by atoms with Crippen molar-refractivity contribution >= 4 is 23.0 Å². The van der Waals surface area contributed by atoms with Crippen LogP contribution >= 0.6 is 11.6 Å². The van der Waals surface area contributed by atoms with Crippen molar-refractivity contribution in [2.45, 2.75) is 39.8 Å². The van der Waals surface area contributed by atoms with Gasteiger partial charge >= 0.3 is 0 Å². The molecule has 0 aliphatic carbocycles.